The Labute approximate surface area is 126 Å². The van der Waals surface area contributed by atoms with Crippen molar-refractivity contribution in [2.24, 2.45) is 0 Å². The predicted molar refractivity (Wildman–Crippen MR) is 86.3 cm³/mol. The van der Waals surface area contributed by atoms with E-state index >= 15 is 0 Å². The fraction of sp³-hybridized carbons (Fsp3) is 0.0625. The average molecular weight is 328 g/mol. The summed E-state index contributed by atoms with van der Waals surface area (Å²) in [5.74, 6) is 0.519. The van der Waals surface area contributed by atoms with E-state index in [1.807, 2.05) is 36.4 Å². The summed E-state index contributed by atoms with van der Waals surface area (Å²) >= 11 is 3.52. The first-order chi connectivity index (χ1) is 9.66. The average Bonchev–Trinajstić information content (AvgIpc) is 2.84. The molecular formula is C16H14BrN3. The van der Waals surface area contributed by atoms with Gasteiger partial charge in [0.05, 0.1) is 11.3 Å². The van der Waals surface area contributed by atoms with Gasteiger partial charge in [0.25, 0.3) is 0 Å². The molecule has 3 nitrogen and oxygen atoms in total. The number of hydrogen-bond acceptors (Lipinski definition) is 2. The number of aromatic nitrogens is 2. The second-order valence-electron chi connectivity index (χ2n) is 4.68. The first kappa shape index (κ1) is 12.9. The highest BCUT2D eigenvalue weighted by Gasteiger charge is 2.16. The van der Waals surface area contributed by atoms with Crippen LogP contribution in [0.1, 0.15) is 5.56 Å². The number of nitrogens with one attached hydrogen (secondary N) is 1. The van der Waals surface area contributed by atoms with Crippen molar-refractivity contribution in [2.45, 2.75) is 6.92 Å². The van der Waals surface area contributed by atoms with E-state index in [2.05, 4.69) is 45.2 Å². The van der Waals surface area contributed by atoms with Gasteiger partial charge in [0, 0.05) is 10.0 Å². The summed E-state index contributed by atoms with van der Waals surface area (Å²) in [6, 6.07) is 16.2. The maximum atomic E-state index is 6.04. The van der Waals surface area contributed by atoms with Crippen molar-refractivity contribution in [3.8, 4) is 22.4 Å². The van der Waals surface area contributed by atoms with Gasteiger partial charge >= 0.3 is 0 Å². The molecule has 100 valence electrons. The van der Waals surface area contributed by atoms with Crippen LogP contribution < -0.4 is 5.73 Å². The largest absolute Gasteiger partial charge is 0.382 e. The SMILES string of the molecule is Cc1ccc(Br)cc1-c1[nH]nc(N)c1-c1ccccc1. The lowest BCUT2D eigenvalue weighted by Gasteiger charge is -2.08. The Morgan fingerprint density at radius 1 is 1.10 bits per heavy atom. The van der Waals surface area contributed by atoms with Gasteiger partial charge in [-0.25, -0.2) is 0 Å². The van der Waals surface area contributed by atoms with Crippen LogP contribution in [0, 0.1) is 6.92 Å². The number of nitrogens with zero attached hydrogens (tertiary/aromatic N) is 1. The zero-order chi connectivity index (χ0) is 14.1. The maximum absolute atomic E-state index is 6.04. The van der Waals surface area contributed by atoms with Crippen LogP contribution in [-0.4, -0.2) is 10.2 Å². The fourth-order valence-electron chi connectivity index (χ4n) is 2.31. The van der Waals surface area contributed by atoms with Crippen LogP contribution in [0.25, 0.3) is 22.4 Å². The third kappa shape index (κ3) is 2.23. The van der Waals surface area contributed by atoms with Gasteiger partial charge in [-0.2, -0.15) is 5.10 Å². The Bertz CT molecular complexity index is 748. The van der Waals surface area contributed by atoms with Gasteiger partial charge in [-0.05, 0) is 30.2 Å². The Balaban J connectivity index is 2.24. The van der Waals surface area contributed by atoms with Crippen molar-refractivity contribution in [2.75, 3.05) is 5.73 Å². The Morgan fingerprint density at radius 2 is 1.85 bits per heavy atom. The van der Waals surface area contributed by atoms with Crippen LogP contribution in [-0.2, 0) is 0 Å². The van der Waals surface area contributed by atoms with E-state index in [0.29, 0.717) is 5.82 Å². The number of H-pyrrole nitrogens is 1. The molecule has 0 spiro atoms. The minimum atomic E-state index is 0.519. The monoisotopic (exact) mass is 327 g/mol. The molecule has 0 saturated carbocycles. The van der Waals surface area contributed by atoms with Gasteiger partial charge in [-0.1, -0.05) is 52.3 Å². The molecule has 0 bridgehead atoms. The second-order valence-corrected chi connectivity index (χ2v) is 5.60. The van der Waals surface area contributed by atoms with E-state index in [0.717, 1.165) is 26.9 Å². The molecule has 0 radical (unpaired) electrons. The normalized spacial score (nSPS) is 10.7. The summed E-state index contributed by atoms with van der Waals surface area (Å²) in [6.07, 6.45) is 0. The molecule has 0 fully saturated rings. The van der Waals surface area contributed by atoms with E-state index in [1.54, 1.807) is 0 Å². The first-order valence-electron chi connectivity index (χ1n) is 6.32. The lowest BCUT2D eigenvalue weighted by molar-refractivity contribution is 1.10. The van der Waals surface area contributed by atoms with E-state index in [9.17, 15) is 0 Å². The molecule has 20 heavy (non-hydrogen) atoms. The number of hydrogen-bond donors (Lipinski definition) is 2. The summed E-state index contributed by atoms with van der Waals surface area (Å²) in [7, 11) is 0. The maximum Gasteiger partial charge on any atom is 0.153 e. The van der Waals surface area contributed by atoms with Gasteiger partial charge < -0.3 is 5.73 Å². The van der Waals surface area contributed by atoms with E-state index in [-0.39, 0.29) is 0 Å². The Hall–Kier alpha value is -2.07. The van der Waals surface area contributed by atoms with Crippen LogP contribution in [0.15, 0.2) is 53.0 Å². The predicted octanol–water partition coefficient (Wildman–Crippen LogP) is 4.40. The minimum Gasteiger partial charge on any atom is -0.382 e. The van der Waals surface area contributed by atoms with Crippen molar-refractivity contribution in [1.29, 1.82) is 0 Å². The number of rotatable bonds is 2. The topological polar surface area (TPSA) is 54.7 Å². The lowest BCUT2D eigenvalue weighted by atomic mass is 9.98. The van der Waals surface area contributed by atoms with Crippen molar-refractivity contribution in [3.63, 3.8) is 0 Å². The molecule has 0 amide bonds. The molecule has 1 aromatic heterocycles. The van der Waals surface area contributed by atoms with Crippen LogP contribution in [0.4, 0.5) is 5.82 Å². The molecule has 0 atom stereocenters. The molecule has 0 aliphatic heterocycles. The Morgan fingerprint density at radius 3 is 2.60 bits per heavy atom. The summed E-state index contributed by atoms with van der Waals surface area (Å²) in [4.78, 5) is 0. The molecule has 0 unspecified atom stereocenters. The van der Waals surface area contributed by atoms with Crippen molar-refractivity contribution < 1.29 is 0 Å². The fourth-order valence-corrected chi connectivity index (χ4v) is 2.67. The zero-order valence-electron chi connectivity index (χ0n) is 11.0. The van der Waals surface area contributed by atoms with Gasteiger partial charge in [-0.3, -0.25) is 5.10 Å². The molecule has 0 aliphatic carbocycles. The summed E-state index contributed by atoms with van der Waals surface area (Å²) in [6.45, 7) is 2.08. The number of aromatic amines is 1. The number of halogens is 1. The summed E-state index contributed by atoms with van der Waals surface area (Å²) < 4.78 is 1.03. The molecule has 3 aromatic rings. The molecule has 1 heterocycles. The number of nitrogens with two attached hydrogens (primary N) is 1. The molecular weight excluding hydrogens is 314 g/mol. The summed E-state index contributed by atoms with van der Waals surface area (Å²) in [5.41, 5.74) is 11.3. The standard InChI is InChI=1S/C16H14BrN3/c1-10-7-8-12(17)9-13(10)15-14(16(18)20-19-15)11-5-3-2-4-6-11/h2-9H,1H3,(H3,18,19,20). The quantitative estimate of drug-likeness (QED) is 0.733. The highest BCUT2D eigenvalue weighted by atomic mass is 79.9. The third-order valence-corrected chi connectivity index (χ3v) is 3.82. The molecule has 3 N–H and O–H groups in total. The third-order valence-electron chi connectivity index (χ3n) is 3.33. The minimum absolute atomic E-state index is 0.519. The number of anilines is 1. The molecule has 2 aromatic carbocycles. The van der Waals surface area contributed by atoms with Crippen LogP contribution in [0.2, 0.25) is 0 Å². The second kappa shape index (κ2) is 5.13. The van der Waals surface area contributed by atoms with Gasteiger partial charge in [0.15, 0.2) is 5.82 Å². The highest BCUT2D eigenvalue weighted by molar-refractivity contribution is 9.10. The molecule has 0 saturated heterocycles. The Kier molecular flexibility index (Phi) is 3.32. The van der Waals surface area contributed by atoms with Crippen LogP contribution in [0.3, 0.4) is 0 Å². The lowest BCUT2D eigenvalue weighted by Crippen LogP contribution is -1.90. The zero-order valence-corrected chi connectivity index (χ0v) is 12.6. The van der Waals surface area contributed by atoms with Gasteiger partial charge in [0.1, 0.15) is 0 Å². The van der Waals surface area contributed by atoms with E-state index < -0.39 is 0 Å². The molecule has 3 rings (SSSR count). The highest BCUT2D eigenvalue weighted by Crippen LogP contribution is 2.36. The first-order valence-corrected chi connectivity index (χ1v) is 7.12. The van der Waals surface area contributed by atoms with Crippen molar-refractivity contribution >= 4 is 21.7 Å². The van der Waals surface area contributed by atoms with E-state index in [4.69, 9.17) is 5.73 Å². The van der Waals surface area contributed by atoms with Crippen LogP contribution in [0.5, 0.6) is 0 Å². The molecule has 4 heteroatoms. The van der Waals surface area contributed by atoms with Gasteiger partial charge in [0.2, 0.25) is 0 Å². The van der Waals surface area contributed by atoms with Crippen molar-refractivity contribution in [3.05, 3.63) is 58.6 Å². The number of aryl methyl sites for hydroxylation is 1. The van der Waals surface area contributed by atoms with Crippen molar-refractivity contribution in [1.82, 2.24) is 10.2 Å². The number of benzene rings is 2. The smallest absolute Gasteiger partial charge is 0.153 e. The van der Waals surface area contributed by atoms with E-state index in [1.165, 1.54) is 5.56 Å². The molecule has 0 aliphatic rings. The summed E-state index contributed by atoms with van der Waals surface area (Å²) in [5, 5.41) is 7.24. The number of nitrogen functional groups attached to an aromatic ring is 1. The van der Waals surface area contributed by atoms with Gasteiger partial charge in [-0.15, -0.1) is 0 Å². The van der Waals surface area contributed by atoms with Crippen LogP contribution >= 0.6 is 15.9 Å².